The van der Waals surface area contributed by atoms with Gasteiger partial charge in [-0.05, 0) is 38.6 Å². The fourth-order valence-electron chi connectivity index (χ4n) is 2.87. The lowest BCUT2D eigenvalue weighted by molar-refractivity contribution is 0.308. The number of hydrogen-bond donors (Lipinski definition) is 1. The molecule has 1 saturated carbocycles. The predicted molar refractivity (Wildman–Crippen MR) is 74.5 cm³/mol. The van der Waals surface area contributed by atoms with Gasteiger partial charge in [0.1, 0.15) is 0 Å². The highest BCUT2D eigenvalue weighted by atomic mass is 32.1. The monoisotopic (exact) mass is 252 g/mol. The predicted octanol–water partition coefficient (Wildman–Crippen LogP) is 3.94. The molecule has 3 heteroatoms. The molecule has 0 saturated heterocycles. The van der Waals surface area contributed by atoms with Crippen molar-refractivity contribution < 1.29 is 0 Å². The Morgan fingerprint density at radius 3 is 2.76 bits per heavy atom. The van der Waals surface area contributed by atoms with Crippen LogP contribution in [0.25, 0.3) is 0 Å². The van der Waals surface area contributed by atoms with Gasteiger partial charge in [-0.15, -0.1) is 11.3 Å². The maximum atomic E-state index is 4.61. The molecule has 1 aliphatic rings. The minimum absolute atomic E-state index is 0.749. The molecule has 0 aromatic carbocycles. The number of aromatic nitrogens is 1. The van der Waals surface area contributed by atoms with Gasteiger partial charge in [-0.3, -0.25) is 0 Å². The second-order valence-electron chi connectivity index (χ2n) is 5.20. The van der Waals surface area contributed by atoms with Gasteiger partial charge in [-0.1, -0.05) is 19.8 Å². The lowest BCUT2D eigenvalue weighted by Crippen LogP contribution is -2.12. The van der Waals surface area contributed by atoms with Crippen LogP contribution in [0.1, 0.15) is 61.3 Å². The molecule has 0 amide bonds. The number of rotatable bonds is 5. The smallest absolute Gasteiger partial charge is 0.0959 e. The number of nitrogens with zero attached hydrogens (tertiary/aromatic N) is 1. The summed E-state index contributed by atoms with van der Waals surface area (Å²) in [5.41, 5.74) is 0. The first-order chi connectivity index (χ1) is 8.33. The molecule has 0 radical (unpaired) electrons. The zero-order valence-corrected chi connectivity index (χ0v) is 11.9. The van der Waals surface area contributed by atoms with E-state index in [1.807, 2.05) is 18.4 Å². The van der Waals surface area contributed by atoms with Gasteiger partial charge >= 0.3 is 0 Å². The molecule has 1 heterocycles. The van der Waals surface area contributed by atoms with Crippen molar-refractivity contribution in [3.63, 3.8) is 0 Å². The van der Waals surface area contributed by atoms with Crippen molar-refractivity contribution in [2.45, 2.75) is 57.9 Å². The third-order valence-corrected chi connectivity index (χ3v) is 4.98. The van der Waals surface area contributed by atoms with Crippen molar-refractivity contribution in [1.29, 1.82) is 0 Å². The highest BCUT2D eigenvalue weighted by molar-refractivity contribution is 7.11. The Hall–Kier alpha value is -0.410. The molecule has 0 aliphatic heterocycles. The first kappa shape index (κ1) is 13.0. The van der Waals surface area contributed by atoms with Gasteiger partial charge in [0.15, 0.2) is 0 Å². The summed E-state index contributed by atoms with van der Waals surface area (Å²) in [6.07, 6.45) is 10.4. The van der Waals surface area contributed by atoms with Crippen molar-refractivity contribution in [3.05, 3.63) is 16.1 Å². The van der Waals surface area contributed by atoms with E-state index in [0.29, 0.717) is 0 Å². The Morgan fingerprint density at radius 2 is 2.12 bits per heavy atom. The summed E-state index contributed by atoms with van der Waals surface area (Å²) in [6, 6.07) is 0. The average Bonchev–Trinajstić information content (AvgIpc) is 2.80. The SMILES string of the molecule is CCCC1CCC(c2ncc(CNC)s2)CC1. The van der Waals surface area contributed by atoms with E-state index in [2.05, 4.69) is 23.4 Å². The standard InChI is InChI=1S/C14H24N2S/c1-3-4-11-5-7-12(8-6-11)14-16-10-13(17-14)9-15-2/h10-12,15H,3-9H2,1-2H3. The molecule has 1 aliphatic carbocycles. The third kappa shape index (κ3) is 3.52. The molecule has 2 nitrogen and oxygen atoms in total. The topological polar surface area (TPSA) is 24.9 Å². The average molecular weight is 252 g/mol. The Balaban J connectivity index is 1.86. The molecule has 0 bridgehead atoms. The Bertz CT molecular complexity index is 327. The van der Waals surface area contributed by atoms with Crippen molar-refractivity contribution >= 4 is 11.3 Å². The molecule has 2 rings (SSSR count). The van der Waals surface area contributed by atoms with E-state index in [4.69, 9.17) is 0 Å². The number of thiazole rings is 1. The highest BCUT2D eigenvalue weighted by Gasteiger charge is 2.23. The first-order valence-electron chi connectivity index (χ1n) is 6.92. The van der Waals surface area contributed by atoms with Crippen molar-refractivity contribution in [2.75, 3.05) is 7.05 Å². The van der Waals surface area contributed by atoms with Gasteiger partial charge in [0.05, 0.1) is 5.01 Å². The molecule has 1 N–H and O–H groups in total. The molecule has 0 unspecified atom stereocenters. The van der Waals surface area contributed by atoms with E-state index < -0.39 is 0 Å². The minimum Gasteiger partial charge on any atom is -0.315 e. The summed E-state index contributed by atoms with van der Waals surface area (Å²) in [4.78, 5) is 5.98. The van der Waals surface area contributed by atoms with Gasteiger partial charge < -0.3 is 5.32 Å². The van der Waals surface area contributed by atoms with Crippen molar-refractivity contribution in [3.8, 4) is 0 Å². The van der Waals surface area contributed by atoms with E-state index in [0.717, 1.165) is 18.4 Å². The van der Waals surface area contributed by atoms with Crippen LogP contribution < -0.4 is 5.32 Å². The third-order valence-electron chi connectivity index (χ3n) is 3.82. The molecule has 1 fully saturated rings. The van der Waals surface area contributed by atoms with Crippen molar-refractivity contribution in [1.82, 2.24) is 10.3 Å². The lowest BCUT2D eigenvalue weighted by atomic mass is 9.80. The van der Waals surface area contributed by atoms with E-state index in [1.165, 1.54) is 48.4 Å². The summed E-state index contributed by atoms with van der Waals surface area (Å²) < 4.78 is 0. The summed E-state index contributed by atoms with van der Waals surface area (Å²) in [7, 11) is 2.00. The number of nitrogens with one attached hydrogen (secondary N) is 1. The van der Waals surface area contributed by atoms with Crippen LogP contribution in [0, 0.1) is 5.92 Å². The van der Waals surface area contributed by atoms with Gasteiger partial charge in [-0.2, -0.15) is 0 Å². The van der Waals surface area contributed by atoms with Gasteiger partial charge in [0.2, 0.25) is 0 Å². The lowest BCUT2D eigenvalue weighted by Gasteiger charge is -2.26. The second kappa shape index (κ2) is 6.50. The summed E-state index contributed by atoms with van der Waals surface area (Å²) in [5.74, 6) is 1.74. The summed E-state index contributed by atoms with van der Waals surface area (Å²) >= 11 is 1.90. The van der Waals surface area contributed by atoms with Crippen LogP contribution in [0.3, 0.4) is 0 Å². The number of hydrogen-bond acceptors (Lipinski definition) is 3. The van der Waals surface area contributed by atoms with E-state index in [1.54, 1.807) is 0 Å². The molecule has 1 aromatic rings. The highest BCUT2D eigenvalue weighted by Crippen LogP contribution is 2.38. The van der Waals surface area contributed by atoms with Crippen LogP contribution in [0.5, 0.6) is 0 Å². The maximum Gasteiger partial charge on any atom is 0.0959 e. The Labute approximate surface area is 109 Å². The molecule has 0 spiro atoms. The Morgan fingerprint density at radius 1 is 1.35 bits per heavy atom. The molecular formula is C14H24N2S. The molecular weight excluding hydrogens is 228 g/mol. The maximum absolute atomic E-state index is 4.61. The van der Waals surface area contributed by atoms with Crippen LogP contribution in [0.4, 0.5) is 0 Å². The minimum atomic E-state index is 0.749. The fraction of sp³-hybridized carbons (Fsp3) is 0.786. The van der Waals surface area contributed by atoms with Crippen LogP contribution in [-0.4, -0.2) is 12.0 Å². The molecule has 17 heavy (non-hydrogen) atoms. The Kier molecular flexibility index (Phi) is 4.99. The summed E-state index contributed by atoms with van der Waals surface area (Å²) in [5, 5.41) is 4.57. The zero-order chi connectivity index (χ0) is 12.1. The fourth-order valence-corrected chi connectivity index (χ4v) is 3.97. The first-order valence-corrected chi connectivity index (χ1v) is 7.74. The normalized spacial score (nSPS) is 25.1. The van der Waals surface area contributed by atoms with Crippen LogP contribution in [0.15, 0.2) is 6.20 Å². The van der Waals surface area contributed by atoms with Crippen molar-refractivity contribution in [2.24, 2.45) is 5.92 Å². The van der Waals surface area contributed by atoms with Crippen LogP contribution in [-0.2, 0) is 6.54 Å². The van der Waals surface area contributed by atoms with Crippen LogP contribution in [0.2, 0.25) is 0 Å². The van der Waals surface area contributed by atoms with Gasteiger partial charge in [0.25, 0.3) is 0 Å². The van der Waals surface area contributed by atoms with E-state index >= 15 is 0 Å². The van der Waals surface area contributed by atoms with Gasteiger partial charge in [-0.25, -0.2) is 4.98 Å². The molecule has 0 atom stereocenters. The molecule has 96 valence electrons. The largest absolute Gasteiger partial charge is 0.315 e. The van der Waals surface area contributed by atoms with Crippen LogP contribution >= 0.6 is 11.3 Å². The van der Waals surface area contributed by atoms with Gasteiger partial charge in [0, 0.05) is 23.5 Å². The zero-order valence-electron chi connectivity index (χ0n) is 11.0. The molecule has 1 aromatic heterocycles. The van der Waals surface area contributed by atoms with E-state index in [-0.39, 0.29) is 0 Å². The van der Waals surface area contributed by atoms with E-state index in [9.17, 15) is 0 Å². The summed E-state index contributed by atoms with van der Waals surface area (Å²) in [6.45, 7) is 3.26. The quantitative estimate of drug-likeness (QED) is 0.858. The second-order valence-corrected chi connectivity index (χ2v) is 6.35.